The third-order valence-electron chi connectivity index (χ3n) is 2.66. The molecule has 0 fully saturated rings. The Bertz CT molecular complexity index is 577. The molecule has 0 aliphatic carbocycles. The maximum atomic E-state index is 11.6. The van der Waals surface area contributed by atoms with Crippen molar-refractivity contribution in [3.63, 3.8) is 0 Å². The van der Waals surface area contributed by atoms with Crippen molar-refractivity contribution in [2.45, 2.75) is 13.5 Å². The van der Waals surface area contributed by atoms with Gasteiger partial charge in [0.2, 0.25) is 0 Å². The van der Waals surface area contributed by atoms with Crippen molar-refractivity contribution in [3.8, 4) is 11.5 Å². The van der Waals surface area contributed by atoms with Crippen LogP contribution in [0, 0.1) is 0 Å². The van der Waals surface area contributed by atoms with Gasteiger partial charge >= 0.3 is 0 Å². The van der Waals surface area contributed by atoms with E-state index in [1.165, 1.54) is 0 Å². The van der Waals surface area contributed by atoms with E-state index in [-0.39, 0.29) is 18.3 Å². The van der Waals surface area contributed by atoms with Crippen LogP contribution in [0.25, 0.3) is 0 Å². The molecule has 2 aromatic rings. The summed E-state index contributed by atoms with van der Waals surface area (Å²) in [5.41, 5.74) is 0. The maximum absolute atomic E-state index is 11.6. The van der Waals surface area contributed by atoms with Crippen molar-refractivity contribution in [3.05, 3.63) is 47.9 Å². The second kappa shape index (κ2) is 6.65. The quantitative estimate of drug-likeness (QED) is 0.880. The number of carbonyl (C=O) groups excluding carboxylic acids is 1. The van der Waals surface area contributed by atoms with Gasteiger partial charge in [-0.05, 0) is 31.2 Å². The molecule has 1 aromatic carbocycles. The van der Waals surface area contributed by atoms with Gasteiger partial charge < -0.3 is 19.2 Å². The number of hydrogen-bond donors (Lipinski definition) is 1. The average Bonchev–Trinajstić information content (AvgIpc) is 2.94. The molecule has 1 amide bonds. The Morgan fingerprint density at radius 2 is 1.95 bits per heavy atom. The Hall–Kier alpha value is -2.43. The predicted molar refractivity (Wildman–Crippen MR) is 74.0 cm³/mol. The second-order valence-corrected chi connectivity index (χ2v) is 4.06. The molecule has 0 saturated carbocycles. The zero-order valence-electron chi connectivity index (χ0n) is 11.5. The molecule has 0 aliphatic rings. The number of nitrogens with one attached hydrogen (secondary N) is 1. The van der Waals surface area contributed by atoms with Gasteiger partial charge in [0.1, 0.15) is 12.4 Å². The van der Waals surface area contributed by atoms with Gasteiger partial charge in [0.25, 0.3) is 5.91 Å². The van der Waals surface area contributed by atoms with Gasteiger partial charge in [-0.2, -0.15) is 0 Å². The lowest BCUT2D eigenvalue weighted by Gasteiger charge is -2.08. The lowest BCUT2D eigenvalue weighted by atomic mass is 10.3. The smallest absolute Gasteiger partial charge is 0.286 e. The summed E-state index contributed by atoms with van der Waals surface area (Å²) >= 11 is 0. The van der Waals surface area contributed by atoms with Crippen LogP contribution < -0.4 is 14.8 Å². The fraction of sp³-hybridized carbons (Fsp3) is 0.267. The SMILES string of the molecule is CCNC(=O)c1ccc(COc2ccccc2OC)o1. The number of furan rings is 1. The summed E-state index contributed by atoms with van der Waals surface area (Å²) in [7, 11) is 1.59. The minimum absolute atomic E-state index is 0.226. The van der Waals surface area contributed by atoms with Crippen LogP contribution in [0.1, 0.15) is 23.2 Å². The van der Waals surface area contributed by atoms with Gasteiger partial charge in [-0.3, -0.25) is 4.79 Å². The summed E-state index contributed by atoms with van der Waals surface area (Å²) in [6, 6.07) is 10.7. The van der Waals surface area contributed by atoms with Crippen molar-refractivity contribution < 1.29 is 18.7 Å². The normalized spacial score (nSPS) is 10.1. The Morgan fingerprint density at radius 1 is 1.20 bits per heavy atom. The standard InChI is InChI=1S/C15H17NO4/c1-3-16-15(17)14-9-8-11(20-14)10-19-13-7-5-4-6-12(13)18-2/h4-9H,3,10H2,1-2H3,(H,16,17). The highest BCUT2D eigenvalue weighted by Gasteiger charge is 2.11. The first-order valence-corrected chi connectivity index (χ1v) is 6.37. The molecule has 0 bridgehead atoms. The van der Waals surface area contributed by atoms with E-state index in [9.17, 15) is 4.79 Å². The third-order valence-corrected chi connectivity index (χ3v) is 2.66. The molecule has 1 heterocycles. The molecule has 0 unspecified atom stereocenters. The van der Waals surface area contributed by atoms with Gasteiger partial charge in [0.05, 0.1) is 7.11 Å². The van der Waals surface area contributed by atoms with E-state index in [1.807, 2.05) is 31.2 Å². The fourth-order valence-corrected chi connectivity index (χ4v) is 1.71. The molecule has 0 atom stereocenters. The highest BCUT2D eigenvalue weighted by molar-refractivity contribution is 5.91. The number of para-hydroxylation sites is 2. The number of hydrogen-bond acceptors (Lipinski definition) is 4. The summed E-state index contributed by atoms with van der Waals surface area (Å²) in [4.78, 5) is 11.6. The molecule has 5 heteroatoms. The number of methoxy groups -OCH3 is 1. The molecule has 0 radical (unpaired) electrons. The van der Waals surface area contributed by atoms with Crippen molar-refractivity contribution in [2.24, 2.45) is 0 Å². The van der Waals surface area contributed by atoms with Crippen LogP contribution in [0.2, 0.25) is 0 Å². The monoisotopic (exact) mass is 275 g/mol. The zero-order valence-corrected chi connectivity index (χ0v) is 11.5. The largest absolute Gasteiger partial charge is 0.493 e. The molecule has 0 saturated heterocycles. The lowest BCUT2D eigenvalue weighted by molar-refractivity contribution is 0.0924. The van der Waals surface area contributed by atoms with E-state index in [4.69, 9.17) is 13.9 Å². The second-order valence-electron chi connectivity index (χ2n) is 4.06. The molecule has 20 heavy (non-hydrogen) atoms. The van der Waals surface area contributed by atoms with E-state index in [2.05, 4.69) is 5.32 Å². The van der Waals surface area contributed by atoms with Crippen molar-refractivity contribution in [1.82, 2.24) is 5.32 Å². The summed E-state index contributed by atoms with van der Waals surface area (Å²) in [5, 5.41) is 2.67. The van der Waals surface area contributed by atoms with Gasteiger partial charge in [-0.25, -0.2) is 0 Å². The molecule has 0 aliphatic heterocycles. The van der Waals surface area contributed by atoms with Crippen LogP contribution in [-0.4, -0.2) is 19.6 Å². The van der Waals surface area contributed by atoms with Gasteiger partial charge in [0.15, 0.2) is 17.3 Å². The number of ether oxygens (including phenoxy) is 2. The Kier molecular flexibility index (Phi) is 4.65. The van der Waals surface area contributed by atoms with Crippen LogP contribution >= 0.6 is 0 Å². The van der Waals surface area contributed by atoms with Crippen molar-refractivity contribution in [1.29, 1.82) is 0 Å². The number of benzene rings is 1. The van der Waals surface area contributed by atoms with Crippen LogP contribution in [0.5, 0.6) is 11.5 Å². The van der Waals surface area contributed by atoms with E-state index in [0.717, 1.165) is 0 Å². The summed E-state index contributed by atoms with van der Waals surface area (Å²) in [6.07, 6.45) is 0. The summed E-state index contributed by atoms with van der Waals surface area (Å²) in [5.74, 6) is 1.92. The molecule has 0 spiro atoms. The first-order valence-electron chi connectivity index (χ1n) is 6.37. The van der Waals surface area contributed by atoms with Crippen LogP contribution in [-0.2, 0) is 6.61 Å². The molecule has 106 valence electrons. The molecule has 1 N–H and O–H groups in total. The van der Waals surface area contributed by atoms with Gasteiger partial charge in [-0.15, -0.1) is 0 Å². The van der Waals surface area contributed by atoms with Gasteiger partial charge in [0, 0.05) is 6.54 Å². The van der Waals surface area contributed by atoms with Crippen molar-refractivity contribution in [2.75, 3.05) is 13.7 Å². The Labute approximate surface area is 117 Å². The van der Waals surface area contributed by atoms with Crippen LogP contribution in [0.3, 0.4) is 0 Å². The van der Waals surface area contributed by atoms with E-state index in [0.29, 0.717) is 23.8 Å². The van der Waals surface area contributed by atoms with Gasteiger partial charge in [-0.1, -0.05) is 12.1 Å². The molecular formula is C15H17NO4. The molecule has 2 rings (SSSR count). The molecule has 5 nitrogen and oxygen atoms in total. The summed E-state index contributed by atoms with van der Waals surface area (Å²) < 4.78 is 16.2. The zero-order chi connectivity index (χ0) is 14.4. The minimum atomic E-state index is -0.226. The highest BCUT2D eigenvalue weighted by Crippen LogP contribution is 2.26. The fourth-order valence-electron chi connectivity index (χ4n) is 1.71. The predicted octanol–water partition coefficient (Wildman–Crippen LogP) is 2.62. The average molecular weight is 275 g/mol. The first-order chi connectivity index (χ1) is 9.74. The highest BCUT2D eigenvalue weighted by atomic mass is 16.5. The van der Waals surface area contributed by atoms with Crippen LogP contribution in [0.4, 0.5) is 0 Å². The topological polar surface area (TPSA) is 60.7 Å². The number of carbonyl (C=O) groups is 1. The Balaban J connectivity index is 1.99. The minimum Gasteiger partial charge on any atom is -0.493 e. The maximum Gasteiger partial charge on any atom is 0.286 e. The van der Waals surface area contributed by atoms with Crippen molar-refractivity contribution >= 4 is 5.91 Å². The Morgan fingerprint density at radius 3 is 2.65 bits per heavy atom. The molecule has 1 aromatic heterocycles. The number of amides is 1. The third kappa shape index (κ3) is 3.32. The lowest BCUT2D eigenvalue weighted by Crippen LogP contribution is -2.21. The van der Waals surface area contributed by atoms with Crippen LogP contribution in [0.15, 0.2) is 40.8 Å². The summed E-state index contributed by atoms with van der Waals surface area (Å²) in [6.45, 7) is 2.65. The van der Waals surface area contributed by atoms with E-state index < -0.39 is 0 Å². The number of rotatable bonds is 6. The van der Waals surface area contributed by atoms with E-state index >= 15 is 0 Å². The molecular weight excluding hydrogens is 258 g/mol. The van der Waals surface area contributed by atoms with E-state index in [1.54, 1.807) is 19.2 Å². The first kappa shape index (κ1) is 14.0.